The van der Waals surface area contributed by atoms with Gasteiger partial charge in [-0.2, -0.15) is 0 Å². The Morgan fingerprint density at radius 1 is 1.30 bits per heavy atom. The highest BCUT2D eigenvalue weighted by atomic mass is 16.6. The van der Waals surface area contributed by atoms with Crippen LogP contribution in [0.3, 0.4) is 0 Å². The molecule has 0 spiro atoms. The highest BCUT2D eigenvalue weighted by Crippen LogP contribution is 2.21. The van der Waals surface area contributed by atoms with Crippen LogP contribution in [0.25, 0.3) is 0 Å². The first-order valence-electron chi connectivity index (χ1n) is 7.48. The van der Waals surface area contributed by atoms with Gasteiger partial charge in [0.05, 0.1) is 0 Å². The highest BCUT2D eigenvalue weighted by molar-refractivity contribution is 5.68. The third-order valence-corrected chi connectivity index (χ3v) is 3.81. The van der Waals surface area contributed by atoms with E-state index >= 15 is 0 Å². The molecule has 1 saturated heterocycles. The summed E-state index contributed by atoms with van der Waals surface area (Å²) in [6.45, 7) is 1.84. The van der Waals surface area contributed by atoms with Gasteiger partial charge in [-0.05, 0) is 44.2 Å². The smallest absolute Gasteiger partial charge is 0.410 e. The molecule has 4 nitrogen and oxygen atoms in total. The molecule has 110 valence electrons. The second-order valence-corrected chi connectivity index (χ2v) is 5.31. The molecule has 0 aromatic heterocycles. The van der Waals surface area contributed by atoms with Crippen molar-refractivity contribution in [1.82, 2.24) is 4.90 Å². The standard InChI is InChI=1S/C16H24N2O2/c17-11-6-10-15-9-4-5-12-18(15)16(19)20-13-14-7-2-1-3-8-14/h1-3,7-8,15H,4-6,9-13,17H2. The summed E-state index contributed by atoms with van der Waals surface area (Å²) in [5.41, 5.74) is 6.59. The molecule has 1 fully saturated rings. The third-order valence-electron chi connectivity index (χ3n) is 3.81. The molecule has 20 heavy (non-hydrogen) atoms. The average molecular weight is 276 g/mol. The van der Waals surface area contributed by atoms with Crippen LogP contribution in [0.4, 0.5) is 4.79 Å². The molecule has 1 aromatic carbocycles. The Hall–Kier alpha value is -1.55. The molecular formula is C16H24N2O2. The Labute approximate surface area is 120 Å². The number of benzene rings is 1. The van der Waals surface area contributed by atoms with E-state index in [1.165, 1.54) is 6.42 Å². The Morgan fingerprint density at radius 3 is 2.85 bits per heavy atom. The topological polar surface area (TPSA) is 55.6 Å². The van der Waals surface area contributed by atoms with Crippen molar-refractivity contribution in [3.05, 3.63) is 35.9 Å². The minimum Gasteiger partial charge on any atom is -0.445 e. The van der Waals surface area contributed by atoms with Gasteiger partial charge in [-0.15, -0.1) is 0 Å². The van der Waals surface area contributed by atoms with Gasteiger partial charge in [0.25, 0.3) is 0 Å². The van der Waals surface area contributed by atoms with Crippen molar-refractivity contribution in [3.63, 3.8) is 0 Å². The summed E-state index contributed by atoms with van der Waals surface area (Å²) in [5, 5.41) is 0. The molecule has 4 heteroatoms. The Morgan fingerprint density at radius 2 is 2.10 bits per heavy atom. The van der Waals surface area contributed by atoms with E-state index in [2.05, 4.69) is 0 Å². The van der Waals surface area contributed by atoms with Gasteiger partial charge in [-0.1, -0.05) is 30.3 Å². The maximum Gasteiger partial charge on any atom is 0.410 e. The van der Waals surface area contributed by atoms with E-state index in [1.54, 1.807) is 0 Å². The van der Waals surface area contributed by atoms with Crippen LogP contribution in [-0.4, -0.2) is 30.1 Å². The molecule has 1 unspecified atom stereocenters. The van der Waals surface area contributed by atoms with Gasteiger partial charge >= 0.3 is 6.09 Å². The van der Waals surface area contributed by atoms with Gasteiger partial charge in [-0.25, -0.2) is 4.79 Å². The molecule has 2 N–H and O–H groups in total. The molecule has 0 saturated carbocycles. The molecule has 1 aliphatic rings. The molecule has 2 rings (SSSR count). The fourth-order valence-electron chi connectivity index (χ4n) is 2.70. The van der Waals surface area contributed by atoms with E-state index in [9.17, 15) is 4.79 Å². The maximum absolute atomic E-state index is 12.2. The number of nitrogens with two attached hydrogens (primary N) is 1. The van der Waals surface area contributed by atoms with Gasteiger partial charge in [0.1, 0.15) is 6.61 Å². The monoisotopic (exact) mass is 276 g/mol. The molecule has 1 aromatic rings. The normalized spacial score (nSPS) is 18.9. The Bertz CT molecular complexity index is 408. The minimum absolute atomic E-state index is 0.185. The first kappa shape index (κ1) is 14.9. The number of amides is 1. The van der Waals surface area contributed by atoms with E-state index in [1.807, 2.05) is 35.2 Å². The summed E-state index contributed by atoms with van der Waals surface area (Å²) in [6.07, 6.45) is 5.09. The number of carbonyl (C=O) groups excluding carboxylic acids is 1. The quantitative estimate of drug-likeness (QED) is 0.899. The Balaban J connectivity index is 1.85. The van der Waals surface area contributed by atoms with Crippen LogP contribution >= 0.6 is 0 Å². The number of likely N-dealkylation sites (tertiary alicyclic amines) is 1. The van der Waals surface area contributed by atoms with E-state index in [-0.39, 0.29) is 6.09 Å². The number of carbonyl (C=O) groups is 1. The second-order valence-electron chi connectivity index (χ2n) is 5.31. The largest absolute Gasteiger partial charge is 0.445 e. The maximum atomic E-state index is 12.2. The zero-order valence-corrected chi connectivity index (χ0v) is 12.0. The van der Waals surface area contributed by atoms with E-state index in [4.69, 9.17) is 10.5 Å². The summed E-state index contributed by atoms with van der Waals surface area (Å²) in [4.78, 5) is 14.1. The summed E-state index contributed by atoms with van der Waals surface area (Å²) in [7, 11) is 0. The summed E-state index contributed by atoms with van der Waals surface area (Å²) in [6, 6.07) is 10.1. The highest BCUT2D eigenvalue weighted by Gasteiger charge is 2.27. The molecule has 0 aliphatic carbocycles. The summed E-state index contributed by atoms with van der Waals surface area (Å²) in [5.74, 6) is 0. The first-order valence-corrected chi connectivity index (χ1v) is 7.48. The zero-order valence-electron chi connectivity index (χ0n) is 12.0. The average Bonchev–Trinajstić information content (AvgIpc) is 2.52. The van der Waals surface area contributed by atoms with Crippen molar-refractivity contribution in [1.29, 1.82) is 0 Å². The second kappa shape index (κ2) is 7.90. The number of rotatable bonds is 5. The molecular weight excluding hydrogens is 252 g/mol. The number of piperidine rings is 1. The lowest BCUT2D eigenvalue weighted by Crippen LogP contribution is -2.44. The van der Waals surface area contributed by atoms with E-state index in [0.29, 0.717) is 19.2 Å². The van der Waals surface area contributed by atoms with Crippen molar-refractivity contribution in [2.45, 2.75) is 44.8 Å². The summed E-state index contributed by atoms with van der Waals surface area (Å²) >= 11 is 0. The number of nitrogens with zero attached hydrogens (tertiary/aromatic N) is 1. The van der Waals surface area contributed by atoms with Crippen molar-refractivity contribution >= 4 is 6.09 Å². The van der Waals surface area contributed by atoms with Crippen LogP contribution in [-0.2, 0) is 11.3 Å². The summed E-state index contributed by atoms with van der Waals surface area (Å²) < 4.78 is 5.43. The van der Waals surface area contributed by atoms with Gasteiger partial charge in [0, 0.05) is 12.6 Å². The fourth-order valence-corrected chi connectivity index (χ4v) is 2.70. The van der Waals surface area contributed by atoms with Gasteiger partial charge < -0.3 is 15.4 Å². The van der Waals surface area contributed by atoms with E-state index in [0.717, 1.165) is 37.8 Å². The van der Waals surface area contributed by atoms with Crippen LogP contribution in [0.5, 0.6) is 0 Å². The third kappa shape index (κ3) is 4.23. The zero-order chi connectivity index (χ0) is 14.2. The lowest BCUT2D eigenvalue weighted by atomic mass is 9.98. The molecule has 1 heterocycles. The first-order chi connectivity index (χ1) is 9.81. The molecule has 1 atom stereocenters. The van der Waals surface area contributed by atoms with Crippen LogP contribution in [0.2, 0.25) is 0 Å². The number of hydrogen-bond donors (Lipinski definition) is 1. The number of hydrogen-bond acceptors (Lipinski definition) is 3. The molecule has 1 aliphatic heterocycles. The SMILES string of the molecule is NCCCC1CCCCN1C(=O)OCc1ccccc1. The van der Waals surface area contributed by atoms with Gasteiger partial charge in [0.2, 0.25) is 0 Å². The van der Waals surface area contributed by atoms with Gasteiger partial charge in [0.15, 0.2) is 0 Å². The molecule has 1 amide bonds. The number of ether oxygens (including phenoxy) is 1. The molecule has 0 bridgehead atoms. The van der Waals surface area contributed by atoms with Crippen molar-refractivity contribution in [3.8, 4) is 0 Å². The lowest BCUT2D eigenvalue weighted by molar-refractivity contribution is 0.0657. The van der Waals surface area contributed by atoms with Crippen LogP contribution < -0.4 is 5.73 Å². The van der Waals surface area contributed by atoms with Crippen molar-refractivity contribution in [2.24, 2.45) is 5.73 Å². The van der Waals surface area contributed by atoms with Gasteiger partial charge in [-0.3, -0.25) is 0 Å². The lowest BCUT2D eigenvalue weighted by Gasteiger charge is -2.35. The minimum atomic E-state index is -0.185. The van der Waals surface area contributed by atoms with Crippen LogP contribution in [0.1, 0.15) is 37.7 Å². The molecule has 0 radical (unpaired) electrons. The predicted octanol–water partition coefficient (Wildman–Crippen LogP) is 2.92. The van der Waals surface area contributed by atoms with E-state index < -0.39 is 0 Å². The fraction of sp³-hybridized carbons (Fsp3) is 0.562. The Kier molecular flexibility index (Phi) is 5.87. The van der Waals surface area contributed by atoms with Crippen molar-refractivity contribution < 1.29 is 9.53 Å². The van der Waals surface area contributed by atoms with Crippen LogP contribution in [0, 0.1) is 0 Å². The predicted molar refractivity (Wildman–Crippen MR) is 79.3 cm³/mol. The van der Waals surface area contributed by atoms with Crippen LogP contribution in [0.15, 0.2) is 30.3 Å². The van der Waals surface area contributed by atoms with Crippen molar-refractivity contribution in [2.75, 3.05) is 13.1 Å².